The van der Waals surface area contributed by atoms with E-state index >= 15 is 0 Å². The predicted molar refractivity (Wildman–Crippen MR) is 117 cm³/mol. The Kier molecular flexibility index (Phi) is 11.7. The molecule has 0 spiro atoms. The minimum Gasteiger partial charge on any atom is -0.355 e. The first-order valence-electron chi connectivity index (χ1n) is 8.80. The van der Waals surface area contributed by atoms with Crippen LogP contribution in [0, 0.1) is 5.92 Å². The van der Waals surface area contributed by atoms with E-state index < -0.39 is 10.8 Å². The van der Waals surface area contributed by atoms with E-state index in [0.717, 1.165) is 37.8 Å². The van der Waals surface area contributed by atoms with Crippen LogP contribution in [0.1, 0.15) is 47.5 Å². The number of nitrogens with one attached hydrogen (secondary N) is 2. The quantitative estimate of drug-likeness (QED) is 0.354. The molecule has 0 aromatic rings. The smallest absolute Gasteiger partial charge is 0.191 e. The zero-order chi connectivity index (χ0) is 17.5. The van der Waals surface area contributed by atoms with Gasteiger partial charge < -0.3 is 15.5 Å². The van der Waals surface area contributed by atoms with Gasteiger partial charge in [-0.15, -0.1) is 24.0 Å². The third kappa shape index (κ3) is 9.56. The monoisotopic (exact) mass is 472 g/mol. The second-order valence-electron chi connectivity index (χ2n) is 7.77. The fraction of sp³-hybridized carbons (Fsp3) is 0.941. The van der Waals surface area contributed by atoms with Gasteiger partial charge in [-0.3, -0.25) is 9.20 Å². The van der Waals surface area contributed by atoms with Gasteiger partial charge in [0.2, 0.25) is 0 Å². The summed E-state index contributed by atoms with van der Waals surface area (Å²) in [6, 6.07) is 0.484. The lowest BCUT2D eigenvalue weighted by Crippen LogP contribution is -2.49. The lowest BCUT2D eigenvalue weighted by molar-refractivity contribution is 0.187. The highest BCUT2D eigenvalue weighted by Crippen LogP contribution is 2.12. The fourth-order valence-electron chi connectivity index (χ4n) is 2.73. The van der Waals surface area contributed by atoms with E-state index in [1.54, 1.807) is 7.05 Å². The molecule has 0 bridgehead atoms. The summed E-state index contributed by atoms with van der Waals surface area (Å²) in [6.45, 7) is 14.8. The van der Waals surface area contributed by atoms with Crippen molar-refractivity contribution < 1.29 is 4.21 Å². The molecule has 5 nitrogen and oxygen atoms in total. The number of aliphatic imine (C=N–C) groups is 1. The molecule has 0 aromatic carbocycles. The lowest BCUT2D eigenvalue weighted by atomic mass is 10.0. The van der Waals surface area contributed by atoms with Gasteiger partial charge in [0.15, 0.2) is 5.96 Å². The molecular weight excluding hydrogens is 435 g/mol. The summed E-state index contributed by atoms with van der Waals surface area (Å²) in [5, 5.41) is 6.80. The Morgan fingerprint density at radius 1 is 1.29 bits per heavy atom. The maximum absolute atomic E-state index is 12.1. The molecule has 144 valence electrons. The summed E-state index contributed by atoms with van der Waals surface area (Å²) in [5.41, 5.74) is 0. The molecule has 0 saturated carbocycles. The van der Waals surface area contributed by atoms with Gasteiger partial charge in [0.25, 0.3) is 0 Å². The standard InChI is InChI=1S/C17H36N4OS.HI/c1-14(2)13-21-10-7-15(8-11-21)20-16(18-6)19-9-12-23(22)17(3,4)5;/h14-15H,7-13H2,1-6H3,(H2,18,19,20);1H. The number of guanidine groups is 1. The third-order valence-electron chi connectivity index (χ3n) is 4.04. The van der Waals surface area contributed by atoms with E-state index in [1.807, 2.05) is 20.8 Å². The van der Waals surface area contributed by atoms with Gasteiger partial charge in [0.05, 0.1) is 0 Å². The van der Waals surface area contributed by atoms with E-state index in [2.05, 4.69) is 34.4 Å². The van der Waals surface area contributed by atoms with Gasteiger partial charge in [-0.1, -0.05) is 13.8 Å². The highest BCUT2D eigenvalue weighted by Gasteiger charge is 2.21. The van der Waals surface area contributed by atoms with E-state index in [1.165, 1.54) is 6.54 Å². The normalized spacial score (nSPS) is 19.0. The molecule has 1 rings (SSSR count). The average Bonchev–Trinajstić information content (AvgIpc) is 2.46. The lowest BCUT2D eigenvalue weighted by Gasteiger charge is -2.34. The van der Waals surface area contributed by atoms with Crippen LogP contribution in [-0.4, -0.2) is 64.8 Å². The van der Waals surface area contributed by atoms with E-state index in [9.17, 15) is 4.21 Å². The van der Waals surface area contributed by atoms with Crippen LogP contribution >= 0.6 is 24.0 Å². The van der Waals surface area contributed by atoms with Crippen LogP contribution in [0.3, 0.4) is 0 Å². The van der Waals surface area contributed by atoms with Crippen molar-refractivity contribution in [1.29, 1.82) is 0 Å². The Morgan fingerprint density at radius 3 is 2.33 bits per heavy atom. The van der Waals surface area contributed by atoms with Crippen molar-refractivity contribution in [3.05, 3.63) is 0 Å². The highest BCUT2D eigenvalue weighted by molar-refractivity contribution is 14.0. The Morgan fingerprint density at radius 2 is 1.88 bits per heavy atom. The van der Waals surface area contributed by atoms with Gasteiger partial charge in [0.1, 0.15) is 0 Å². The molecule has 0 aromatic heterocycles. The number of likely N-dealkylation sites (tertiary alicyclic amines) is 1. The molecule has 24 heavy (non-hydrogen) atoms. The molecule has 1 atom stereocenters. The van der Waals surface area contributed by atoms with Crippen LogP contribution in [0.25, 0.3) is 0 Å². The Hall–Kier alpha value is 0.110. The molecule has 0 amide bonds. The molecular formula is C17H37IN4OS. The number of nitrogens with zero attached hydrogens (tertiary/aromatic N) is 2. The van der Waals surface area contributed by atoms with Crippen molar-refractivity contribution in [2.45, 2.75) is 58.2 Å². The van der Waals surface area contributed by atoms with Crippen molar-refractivity contribution >= 4 is 40.7 Å². The van der Waals surface area contributed by atoms with Crippen LogP contribution in [-0.2, 0) is 10.8 Å². The largest absolute Gasteiger partial charge is 0.355 e. The minimum atomic E-state index is -0.825. The van der Waals surface area contributed by atoms with Crippen molar-refractivity contribution in [2.75, 3.05) is 39.0 Å². The number of halogens is 1. The minimum absolute atomic E-state index is 0. The predicted octanol–water partition coefficient (Wildman–Crippen LogP) is 2.44. The Bertz CT molecular complexity index is 402. The number of hydrogen-bond acceptors (Lipinski definition) is 3. The highest BCUT2D eigenvalue weighted by atomic mass is 127. The molecule has 1 aliphatic heterocycles. The fourth-order valence-corrected chi connectivity index (χ4v) is 3.63. The second kappa shape index (κ2) is 11.7. The molecule has 2 N–H and O–H groups in total. The summed E-state index contributed by atoms with van der Waals surface area (Å²) in [4.78, 5) is 6.84. The molecule has 1 fully saturated rings. The van der Waals surface area contributed by atoms with Gasteiger partial charge in [0, 0.05) is 60.6 Å². The molecule has 1 heterocycles. The summed E-state index contributed by atoms with van der Waals surface area (Å²) in [7, 11) is 0.971. The first-order chi connectivity index (χ1) is 10.7. The van der Waals surface area contributed by atoms with Crippen molar-refractivity contribution in [1.82, 2.24) is 15.5 Å². The Labute approximate surface area is 168 Å². The molecule has 1 unspecified atom stereocenters. The first kappa shape index (κ1) is 24.1. The van der Waals surface area contributed by atoms with Crippen LogP contribution in [0.15, 0.2) is 4.99 Å². The summed E-state index contributed by atoms with van der Waals surface area (Å²) in [6.07, 6.45) is 2.31. The zero-order valence-electron chi connectivity index (χ0n) is 16.2. The van der Waals surface area contributed by atoms with Crippen LogP contribution < -0.4 is 10.6 Å². The summed E-state index contributed by atoms with van der Waals surface area (Å²) < 4.78 is 11.9. The topological polar surface area (TPSA) is 56.7 Å². The van der Waals surface area contributed by atoms with E-state index in [0.29, 0.717) is 18.3 Å². The van der Waals surface area contributed by atoms with Gasteiger partial charge in [-0.05, 0) is 39.5 Å². The summed E-state index contributed by atoms with van der Waals surface area (Å²) >= 11 is 0. The number of piperidine rings is 1. The van der Waals surface area contributed by atoms with E-state index in [4.69, 9.17) is 0 Å². The van der Waals surface area contributed by atoms with Crippen LogP contribution in [0.4, 0.5) is 0 Å². The van der Waals surface area contributed by atoms with Crippen molar-refractivity contribution in [3.8, 4) is 0 Å². The van der Waals surface area contributed by atoms with Gasteiger partial charge >= 0.3 is 0 Å². The molecule has 0 radical (unpaired) electrons. The van der Waals surface area contributed by atoms with Crippen LogP contribution in [0.5, 0.6) is 0 Å². The summed E-state index contributed by atoms with van der Waals surface area (Å²) in [5.74, 6) is 2.22. The third-order valence-corrected chi connectivity index (χ3v) is 5.98. The first-order valence-corrected chi connectivity index (χ1v) is 10.1. The van der Waals surface area contributed by atoms with Crippen molar-refractivity contribution in [3.63, 3.8) is 0 Å². The van der Waals surface area contributed by atoms with Crippen LogP contribution in [0.2, 0.25) is 0 Å². The zero-order valence-corrected chi connectivity index (χ0v) is 19.4. The second-order valence-corrected chi connectivity index (χ2v) is 10.1. The molecule has 1 aliphatic rings. The Balaban J connectivity index is 0.00000529. The van der Waals surface area contributed by atoms with Crippen molar-refractivity contribution in [2.24, 2.45) is 10.9 Å². The molecule has 0 aliphatic carbocycles. The molecule has 1 saturated heterocycles. The number of hydrogen-bond donors (Lipinski definition) is 2. The number of rotatable bonds is 6. The maximum atomic E-state index is 12.1. The molecule has 7 heteroatoms. The van der Waals surface area contributed by atoms with Gasteiger partial charge in [-0.25, -0.2) is 0 Å². The van der Waals surface area contributed by atoms with E-state index in [-0.39, 0.29) is 28.7 Å². The SMILES string of the molecule is CN=C(NCCS(=O)C(C)(C)C)NC1CCN(CC(C)C)CC1.I. The average molecular weight is 472 g/mol. The maximum Gasteiger partial charge on any atom is 0.191 e. The van der Waals surface area contributed by atoms with Gasteiger partial charge in [-0.2, -0.15) is 0 Å².